The van der Waals surface area contributed by atoms with Gasteiger partial charge in [-0.1, -0.05) is 0 Å². The van der Waals surface area contributed by atoms with Crippen molar-refractivity contribution in [2.24, 2.45) is 0 Å². The second kappa shape index (κ2) is 4.41. The average molecular weight is 201 g/mol. The van der Waals surface area contributed by atoms with Crippen molar-refractivity contribution < 1.29 is 4.79 Å². The van der Waals surface area contributed by atoms with E-state index < -0.39 is 0 Å². The predicted molar refractivity (Wildman–Crippen MR) is 55.5 cm³/mol. The van der Waals surface area contributed by atoms with Crippen LogP contribution in [0.4, 0.5) is 0 Å². The molecule has 1 heterocycles. The van der Waals surface area contributed by atoms with Gasteiger partial charge in [0, 0.05) is 27.2 Å². The lowest BCUT2D eigenvalue weighted by atomic mass is 10.4. The van der Waals surface area contributed by atoms with Crippen LogP contribution in [0.1, 0.15) is 6.42 Å². The van der Waals surface area contributed by atoms with Crippen LogP contribution in [0, 0.1) is 0 Å². The first-order valence-corrected chi connectivity index (χ1v) is 4.76. The Morgan fingerprint density at radius 2 is 2.23 bits per heavy atom. The monoisotopic (exact) mass is 201 g/mol. The number of nitrogens with one attached hydrogen (secondary N) is 1. The van der Waals surface area contributed by atoms with E-state index in [0.29, 0.717) is 11.7 Å². The molecule has 1 N–H and O–H groups in total. The number of thiocarbonyl (C=S) groups is 1. The molecule has 1 saturated heterocycles. The Hall–Kier alpha value is -0.840. The van der Waals surface area contributed by atoms with Crippen LogP contribution in [0.2, 0.25) is 0 Å². The summed E-state index contributed by atoms with van der Waals surface area (Å²) in [5.41, 5.74) is 0. The normalized spacial score (nSPS) is 18.5. The number of nitrogens with zero attached hydrogens (tertiary/aromatic N) is 2. The van der Waals surface area contributed by atoms with Crippen molar-refractivity contribution in [3.63, 3.8) is 0 Å². The number of rotatable bonds is 0. The lowest BCUT2D eigenvalue weighted by molar-refractivity contribution is -0.129. The fourth-order valence-electron chi connectivity index (χ4n) is 1.32. The van der Waals surface area contributed by atoms with Crippen molar-refractivity contribution in [2.45, 2.75) is 6.42 Å². The molecule has 0 aromatic rings. The zero-order valence-corrected chi connectivity index (χ0v) is 8.86. The van der Waals surface area contributed by atoms with Gasteiger partial charge >= 0.3 is 0 Å². The summed E-state index contributed by atoms with van der Waals surface area (Å²) in [5, 5.41) is 3.54. The Morgan fingerprint density at radius 1 is 1.54 bits per heavy atom. The Balaban J connectivity index is 2.59. The summed E-state index contributed by atoms with van der Waals surface area (Å²) in [6, 6.07) is 0. The summed E-state index contributed by atoms with van der Waals surface area (Å²) in [7, 11) is 3.61. The van der Waals surface area contributed by atoms with Crippen LogP contribution < -0.4 is 5.32 Å². The molecule has 13 heavy (non-hydrogen) atoms. The SMILES string of the molecule is CNC(=S)N1CCCN(C)C(=O)C1. The molecular weight excluding hydrogens is 186 g/mol. The highest BCUT2D eigenvalue weighted by Crippen LogP contribution is 2.02. The number of amides is 1. The number of hydrogen-bond acceptors (Lipinski definition) is 2. The number of likely N-dealkylation sites (N-methyl/N-ethyl adjacent to an activating group) is 1. The van der Waals surface area contributed by atoms with Crippen molar-refractivity contribution in [1.82, 2.24) is 15.1 Å². The fourth-order valence-corrected chi connectivity index (χ4v) is 1.47. The van der Waals surface area contributed by atoms with Crippen LogP contribution in [0.15, 0.2) is 0 Å². The standard InChI is InChI=1S/C8H15N3OS/c1-9-8(13)11-5-3-4-10(2)7(12)6-11/h3-6H2,1-2H3,(H,9,13). The zero-order chi connectivity index (χ0) is 9.84. The molecule has 0 aromatic carbocycles. The van der Waals surface area contributed by atoms with E-state index in [-0.39, 0.29) is 5.91 Å². The summed E-state index contributed by atoms with van der Waals surface area (Å²) in [6.07, 6.45) is 0.976. The molecule has 1 fully saturated rings. The molecule has 0 unspecified atom stereocenters. The minimum atomic E-state index is 0.134. The first-order valence-electron chi connectivity index (χ1n) is 4.35. The number of carbonyl (C=O) groups is 1. The first-order chi connectivity index (χ1) is 6.15. The van der Waals surface area contributed by atoms with Crippen molar-refractivity contribution in [1.29, 1.82) is 0 Å². The second-order valence-corrected chi connectivity index (χ2v) is 3.53. The van der Waals surface area contributed by atoms with E-state index in [2.05, 4.69) is 5.32 Å². The van der Waals surface area contributed by atoms with E-state index in [4.69, 9.17) is 12.2 Å². The molecule has 1 amide bonds. The molecule has 1 aliphatic rings. The van der Waals surface area contributed by atoms with Crippen molar-refractivity contribution in [3.8, 4) is 0 Å². The first kappa shape index (κ1) is 10.2. The van der Waals surface area contributed by atoms with Crippen molar-refractivity contribution >= 4 is 23.2 Å². The maximum atomic E-state index is 11.4. The van der Waals surface area contributed by atoms with Crippen LogP contribution in [-0.2, 0) is 4.79 Å². The van der Waals surface area contributed by atoms with Crippen LogP contribution in [-0.4, -0.2) is 54.5 Å². The van der Waals surface area contributed by atoms with Gasteiger partial charge in [-0.05, 0) is 18.6 Å². The molecule has 0 aliphatic carbocycles. The fraction of sp³-hybridized carbons (Fsp3) is 0.750. The molecule has 0 spiro atoms. The Morgan fingerprint density at radius 3 is 2.85 bits per heavy atom. The highest BCUT2D eigenvalue weighted by atomic mass is 32.1. The molecule has 0 radical (unpaired) electrons. The third-order valence-electron chi connectivity index (χ3n) is 2.17. The van der Waals surface area contributed by atoms with Gasteiger partial charge in [0.25, 0.3) is 0 Å². The zero-order valence-electron chi connectivity index (χ0n) is 8.04. The van der Waals surface area contributed by atoms with E-state index in [9.17, 15) is 4.79 Å². The molecular formula is C8H15N3OS. The van der Waals surface area contributed by atoms with E-state index in [1.807, 2.05) is 11.9 Å². The van der Waals surface area contributed by atoms with Crippen molar-refractivity contribution in [3.05, 3.63) is 0 Å². The van der Waals surface area contributed by atoms with Gasteiger partial charge in [-0.3, -0.25) is 4.79 Å². The molecule has 0 saturated carbocycles. The van der Waals surface area contributed by atoms with E-state index in [0.717, 1.165) is 19.5 Å². The summed E-state index contributed by atoms with van der Waals surface area (Å²) in [6.45, 7) is 2.08. The Labute approximate surface area is 83.9 Å². The van der Waals surface area contributed by atoms with Gasteiger partial charge in [0.05, 0.1) is 6.54 Å². The molecule has 0 bridgehead atoms. The third-order valence-corrected chi connectivity index (χ3v) is 2.64. The summed E-state index contributed by atoms with van der Waals surface area (Å²) in [4.78, 5) is 15.1. The molecule has 5 heteroatoms. The van der Waals surface area contributed by atoms with Gasteiger partial charge < -0.3 is 15.1 Å². The van der Waals surface area contributed by atoms with Gasteiger partial charge in [-0.2, -0.15) is 0 Å². The molecule has 1 rings (SSSR count). The van der Waals surface area contributed by atoms with Crippen LogP contribution >= 0.6 is 12.2 Å². The van der Waals surface area contributed by atoms with E-state index >= 15 is 0 Å². The average Bonchev–Trinajstić information content (AvgIpc) is 2.28. The summed E-state index contributed by atoms with van der Waals surface area (Å²) < 4.78 is 0. The van der Waals surface area contributed by atoms with Gasteiger partial charge in [-0.25, -0.2) is 0 Å². The van der Waals surface area contributed by atoms with Gasteiger partial charge in [0.2, 0.25) is 5.91 Å². The molecule has 0 atom stereocenters. The topological polar surface area (TPSA) is 35.6 Å². The van der Waals surface area contributed by atoms with Gasteiger partial charge in [-0.15, -0.1) is 0 Å². The van der Waals surface area contributed by atoms with Crippen LogP contribution in [0.5, 0.6) is 0 Å². The number of carbonyl (C=O) groups excluding carboxylic acids is 1. The minimum Gasteiger partial charge on any atom is -0.366 e. The predicted octanol–water partition coefficient (Wildman–Crippen LogP) is -0.345. The molecule has 0 aromatic heterocycles. The summed E-state index contributed by atoms with van der Waals surface area (Å²) in [5.74, 6) is 0.134. The highest BCUT2D eigenvalue weighted by Gasteiger charge is 2.19. The third kappa shape index (κ3) is 2.55. The highest BCUT2D eigenvalue weighted by molar-refractivity contribution is 7.80. The lowest BCUT2D eigenvalue weighted by Gasteiger charge is -2.21. The lowest BCUT2D eigenvalue weighted by Crippen LogP contribution is -2.42. The van der Waals surface area contributed by atoms with E-state index in [1.165, 1.54) is 0 Å². The van der Waals surface area contributed by atoms with Crippen LogP contribution in [0.25, 0.3) is 0 Å². The second-order valence-electron chi connectivity index (χ2n) is 3.15. The minimum absolute atomic E-state index is 0.134. The Kier molecular flexibility index (Phi) is 3.48. The van der Waals surface area contributed by atoms with Crippen LogP contribution in [0.3, 0.4) is 0 Å². The molecule has 1 aliphatic heterocycles. The Bertz CT molecular complexity index is 219. The maximum Gasteiger partial charge on any atom is 0.241 e. The van der Waals surface area contributed by atoms with E-state index in [1.54, 1.807) is 11.9 Å². The molecule has 4 nitrogen and oxygen atoms in total. The number of hydrogen-bond donors (Lipinski definition) is 1. The molecule has 74 valence electrons. The van der Waals surface area contributed by atoms with Gasteiger partial charge in [0.15, 0.2) is 5.11 Å². The smallest absolute Gasteiger partial charge is 0.241 e. The largest absolute Gasteiger partial charge is 0.366 e. The maximum absolute atomic E-state index is 11.4. The van der Waals surface area contributed by atoms with Gasteiger partial charge in [0.1, 0.15) is 0 Å². The summed E-state index contributed by atoms with van der Waals surface area (Å²) >= 11 is 5.07. The van der Waals surface area contributed by atoms with Crippen molar-refractivity contribution in [2.75, 3.05) is 33.7 Å². The quantitative estimate of drug-likeness (QED) is 0.544.